The fourth-order valence-corrected chi connectivity index (χ4v) is 3.85. The number of amides is 1. The number of nitrogens with two attached hydrogens (primary N) is 8. The van der Waals surface area contributed by atoms with Crippen LogP contribution in [0.5, 0.6) is 5.75 Å². The number of hydrogen-bond donors (Lipinski definition) is 12. The molecule has 2 aromatic rings. The molecular weight excluding hydrogens is 638 g/mol. The molecule has 49 heavy (non-hydrogen) atoms. The van der Waals surface area contributed by atoms with E-state index in [2.05, 4.69) is 4.99 Å². The number of carboxylic acid groups (broad SMARTS) is 3. The summed E-state index contributed by atoms with van der Waals surface area (Å²) in [5.74, 6) is -3.20. The predicted octanol–water partition coefficient (Wildman–Crippen LogP) is -1.02. The Labute approximate surface area is 286 Å². The Morgan fingerprint density at radius 3 is 1.59 bits per heavy atom. The molecule has 4 atom stereocenters. The molecule has 0 saturated carbocycles. The Morgan fingerprint density at radius 2 is 1.16 bits per heavy atom. The molecule has 2 rings (SSSR count). The number of phenolic OH excluding ortho intramolecular Hbond substituents is 1. The van der Waals surface area contributed by atoms with Crippen molar-refractivity contribution in [2.24, 2.45) is 50.9 Å². The Morgan fingerprint density at radius 1 is 0.694 bits per heavy atom. The van der Waals surface area contributed by atoms with E-state index in [1.54, 1.807) is 12.1 Å². The second-order valence-electron chi connectivity index (χ2n) is 11.0. The summed E-state index contributed by atoms with van der Waals surface area (Å²) in [5, 5.41) is 34.9. The van der Waals surface area contributed by atoms with Crippen molar-refractivity contribution in [3.63, 3.8) is 0 Å². The lowest BCUT2D eigenvalue weighted by atomic mass is 9.96. The molecule has 0 aliphatic carbocycles. The minimum Gasteiger partial charge on any atom is -0.508 e. The summed E-state index contributed by atoms with van der Waals surface area (Å²) in [7, 11) is 0. The van der Waals surface area contributed by atoms with E-state index in [1.165, 1.54) is 0 Å². The van der Waals surface area contributed by atoms with Crippen LogP contribution in [0.1, 0.15) is 54.4 Å². The van der Waals surface area contributed by atoms with Gasteiger partial charge < -0.3 is 66.3 Å². The van der Waals surface area contributed by atoms with Crippen LogP contribution in [0.3, 0.4) is 0 Å². The zero-order valence-electron chi connectivity index (χ0n) is 28.2. The van der Waals surface area contributed by atoms with Crippen molar-refractivity contribution in [3.05, 3.63) is 64.7 Å². The highest BCUT2D eigenvalue weighted by molar-refractivity contribution is 5.79. The number of aliphatic carboxylic acids is 3. The van der Waals surface area contributed by atoms with E-state index in [9.17, 15) is 24.3 Å². The number of aromatic hydroxyl groups is 1. The molecule has 0 fully saturated rings. The van der Waals surface area contributed by atoms with Gasteiger partial charge in [-0.05, 0) is 93.3 Å². The first-order valence-electron chi connectivity index (χ1n) is 15.4. The SMILES string of the molecule is Cc1cc(O)cc(C)c1C[C@H](N)C(=O)O.NC(N)=NCCC[C@@H](N)C(=O)O.NCCCC[C@H](N)C(N)=O.N[C@@H](Cc1ccccc1)C(=O)O. The second-order valence-corrected chi connectivity index (χ2v) is 11.0. The van der Waals surface area contributed by atoms with E-state index in [1.807, 2.05) is 44.2 Å². The molecule has 0 unspecified atom stereocenters. The van der Waals surface area contributed by atoms with Gasteiger partial charge in [0.1, 0.15) is 23.9 Å². The Hall–Kier alpha value is -4.81. The van der Waals surface area contributed by atoms with Gasteiger partial charge in [0, 0.05) is 6.54 Å². The molecule has 0 heterocycles. The highest BCUT2D eigenvalue weighted by Gasteiger charge is 2.15. The number of nitrogens with zero attached hydrogens (tertiary/aromatic N) is 1. The summed E-state index contributed by atoms with van der Waals surface area (Å²) < 4.78 is 0. The number of carbonyl (C=O) groups is 4. The van der Waals surface area contributed by atoms with E-state index in [0.29, 0.717) is 38.8 Å². The molecule has 1 amide bonds. The molecule has 17 nitrogen and oxygen atoms in total. The van der Waals surface area contributed by atoms with Crippen LogP contribution >= 0.6 is 0 Å². The topological polar surface area (TPSA) is 370 Å². The third-order valence-electron chi connectivity index (χ3n) is 6.66. The molecule has 0 aliphatic heterocycles. The Balaban J connectivity index is 0. The molecule has 0 spiro atoms. The minimum absolute atomic E-state index is 0.0129. The lowest BCUT2D eigenvalue weighted by Crippen LogP contribution is -2.36. The quantitative estimate of drug-likeness (QED) is 0.0569. The number of phenols is 1. The zero-order valence-corrected chi connectivity index (χ0v) is 28.2. The van der Waals surface area contributed by atoms with Crippen LogP contribution < -0.4 is 45.9 Å². The molecule has 0 bridgehead atoms. The smallest absolute Gasteiger partial charge is 0.320 e. The van der Waals surface area contributed by atoms with E-state index in [-0.39, 0.29) is 18.1 Å². The first-order valence-corrected chi connectivity index (χ1v) is 15.4. The summed E-state index contributed by atoms with van der Waals surface area (Å²) in [6.07, 6.45) is 4.05. The number of benzene rings is 2. The molecule has 0 aromatic heterocycles. The van der Waals surface area contributed by atoms with Crippen molar-refractivity contribution >= 4 is 29.8 Å². The van der Waals surface area contributed by atoms with Gasteiger partial charge in [0.25, 0.3) is 0 Å². The van der Waals surface area contributed by atoms with Crippen LogP contribution in [-0.4, -0.2) is 87.5 Å². The average Bonchev–Trinajstić information content (AvgIpc) is 3.02. The van der Waals surface area contributed by atoms with Gasteiger partial charge in [-0.15, -0.1) is 0 Å². The van der Waals surface area contributed by atoms with E-state index in [4.69, 9.17) is 61.2 Å². The third-order valence-corrected chi connectivity index (χ3v) is 6.66. The lowest BCUT2D eigenvalue weighted by molar-refractivity contribution is -0.139. The molecule has 0 aliphatic rings. The van der Waals surface area contributed by atoms with Gasteiger partial charge in [-0.25, -0.2) is 0 Å². The molecule has 276 valence electrons. The van der Waals surface area contributed by atoms with Crippen LogP contribution in [0.15, 0.2) is 47.5 Å². The maximum Gasteiger partial charge on any atom is 0.320 e. The second kappa shape index (κ2) is 26.2. The van der Waals surface area contributed by atoms with E-state index >= 15 is 0 Å². The van der Waals surface area contributed by atoms with Crippen molar-refractivity contribution in [1.29, 1.82) is 0 Å². The Kier molecular flexibility index (Phi) is 24.7. The normalized spacial score (nSPS) is 12.5. The van der Waals surface area contributed by atoms with Crippen LogP contribution in [0.2, 0.25) is 0 Å². The summed E-state index contributed by atoms with van der Waals surface area (Å²) in [6, 6.07) is 9.55. The first kappa shape index (κ1) is 46.3. The van der Waals surface area contributed by atoms with Gasteiger partial charge >= 0.3 is 17.9 Å². The number of aryl methyl sites for hydroxylation is 2. The molecule has 2 aromatic carbocycles. The zero-order chi connectivity index (χ0) is 38.1. The monoisotopic (exact) mass is 693 g/mol. The highest BCUT2D eigenvalue weighted by atomic mass is 16.4. The summed E-state index contributed by atoms with van der Waals surface area (Å²) in [5.41, 5.74) is 45.2. The van der Waals surface area contributed by atoms with Gasteiger partial charge in [-0.1, -0.05) is 36.8 Å². The number of aliphatic imine (C=N–C) groups is 1. The third kappa shape index (κ3) is 24.1. The van der Waals surface area contributed by atoms with Gasteiger partial charge in [0.05, 0.1) is 6.04 Å². The number of hydrogen-bond acceptors (Lipinski definition) is 11. The molecular formula is C32H55N9O8. The number of carbonyl (C=O) groups excluding carboxylic acids is 1. The number of unbranched alkanes of at least 4 members (excludes halogenated alkanes) is 1. The van der Waals surface area contributed by atoms with Crippen molar-refractivity contribution in [2.45, 2.75) is 83.0 Å². The van der Waals surface area contributed by atoms with Gasteiger partial charge in [0.2, 0.25) is 5.91 Å². The van der Waals surface area contributed by atoms with Gasteiger partial charge in [-0.3, -0.25) is 24.2 Å². The minimum atomic E-state index is -1.01. The van der Waals surface area contributed by atoms with Crippen molar-refractivity contribution < 1.29 is 39.6 Å². The number of carboxylic acids is 3. The predicted molar refractivity (Wildman–Crippen MR) is 188 cm³/mol. The standard InChI is InChI=1S/C11H15NO3.C9H11NO2.C6H14N4O2.C6H15N3O/c1-6-3-8(13)4-7(2)9(6)5-10(12)11(14)15;10-8(9(11)12)6-7-4-2-1-3-5-7;7-4(5(11)12)2-1-3-10-6(8)9;7-4-2-1-3-5(8)6(9)10/h3-4,10,13H,5,12H2,1-2H3,(H,14,15);1-5,8H,6,10H2,(H,11,12);4H,1-3,7H2,(H,11,12)(H4,8,9,10);5H,1-4,7-8H2,(H2,9,10)/t10-;8-;4-;5-/m0010/s1. The highest BCUT2D eigenvalue weighted by Crippen LogP contribution is 2.21. The van der Waals surface area contributed by atoms with Crippen LogP contribution in [0, 0.1) is 13.8 Å². The molecule has 20 N–H and O–H groups in total. The largest absolute Gasteiger partial charge is 0.508 e. The Bertz CT molecular complexity index is 1290. The van der Waals surface area contributed by atoms with Crippen LogP contribution in [0.4, 0.5) is 0 Å². The fraction of sp³-hybridized carbons (Fsp3) is 0.469. The number of primary amides is 1. The van der Waals surface area contributed by atoms with Crippen LogP contribution in [-0.2, 0) is 32.0 Å². The van der Waals surface area contributed by atoms with Gasteiger partial charge in [-0.2, -0.15) is 0 Å². The first-order chi connectivity index (χ1) is 22.8. The average molecular weight is 694 g/mol. The maximum atomic E-state index is 10.6. The summed E-state index contributed by atoms with van der Waals surface area (Å²) in [4.78, 5) is 45.3. The summed E-state index contributed by atoms with van der Waals surface area (Å²) >= 11 is 0. The molecule has 17 heteroatoms. The van der Waals surface area contributed by atoms with E-state index < -0.39 is 48.0 Å². The van der Waals surface area contributed by atoms with Crippen molar-refractivity contribution in [1.82, 2.24) is 0 Å². The summed E-state index contributed by atoms with van der Waals surface area (Å²) in [6.45, 7) is 4.72. The number of rotatable bonds is 16. The molecule has 0 saturated heterocycles. The van der Waals surface area contributed by atoms with E-state index in [0.717, 1.165) is 35.1 Å². The van der Waals surface area contributed by atoms with Gasteiger partial charge in [0.15, 0.2) is 5.96 Å². The van der Waals surface area contributed by atoms with Crippen LogP contribution in [0.25, 0.3) is 0 Å². The maximum absolute atomic E-state index is 10.6. The van der Waals surface area contributed by atoms with Crippen molar-refractivity contribution in [3.8, 4) is 5.75 Å². The number of guanidine groups is 1. The lowest BCUT2D eigenvalue weighted by Gasteiger charge is -2.12. The van der Waals surface area contributed by atoms with Crippen molar-refractivity contribution in [2.75, 3.05) is 13.1 Å². The fourth-order valence-electron chi connectivity index (χ4n) is 3.85. The molecule has 0 radical (unpaired) electrons.